The van der Waals surface area contributed by atoms with Gasteiger partial charge in [0.05, 0.1) is 14.2 Å². The summed E-state index contributed by atoms with van der Waals surface area (Å²) in [7, 11) is 3.12. The molecule has 6 heteroatoms. The molecule has 2 amide bonds. The summed E-state index contributed by atoms with van der Waals surface area (Å²) in [5, 5.41) is 5.51. The van der Waals surface area contributed by atoms with Crippen LogP contribution in [-0.2, 0) is 9.59 Å². The van der Waals surface area contributed by atoms with E-state index >= 15 is 0 Å². The van der Waals surface area contributed by atoms with Crippen molar-refractivity contribution in [3.05, 3.63) is 53.6 Å². The van der Waals surface area contributed by atoms with Crippen molar-refractivity contribution < 1.29 is 19.1 Å². The number of carbonyl (C=O) groups excluding carboxylic acids is 2. The summed E-state index contributed by atoms with van der Waals surface area (Å²) in [5.41, 5.74) is 2.99. The Kier molecular flexibility index (Phi) is 6.38. The van der Waals surface area contributed by atoms with E-state index in [1.54, 1.807) is 44.6 Å². The van der Waals surface area contributed by atoms with Crippen molar-refractivity contribution in [2.24, 2.45) is 0 Å². The number of aryl methyl sites for hydroxylation is 1. The van der Waals surface area contributed by atoms with E-state index in [4.69, 9.17) is 9.47 Å². The van der Waals surface area contributed by atoms with Crippen molar-refractivity contribution in [3.8, 4) is 11.5 Å². The van der Waals surface area contributed by atoms with E-state index < -0.39 is 0 Å². The lowest BCUT2D eigenvalue weighted by molar-refractivity contribution is -0.114. The summed E-state index contributed by atoms with van der Waals surface area (Å²) < 4.78 is 10.4. The van der Waals surface area contributed by atoms with Gasteiger partial charge in [0, 0.05) is 24.4 Å². The molecule has 2 aromatic rings. The molecule has 2 aromatic carbocycles. The first-order valence-electron chi connectivity index (χ1n) is 8.02. The minimum absolute atomic E-state index is 0.162. The summed E-state index contributed by atoms with van der Waals surface area (Å²) in [6.45, 7) is 3.32. The van der Waals surface area contributed by atoms with E-state index in [0.717, 1.165) is 11.1 Å². The molecule has 0 saturated heterocycles. The monoisotopic (exact) mass is 354 g/mol. The van der Waals surface area contributed by atoms with Gasteiger partial charge in [-0.15, -0.1) is 0 Å². The number of methoxy groups -OCH3 is 2. The maximum absolute atomic E-state index is 12.1. The molecule has 0 unspecified atom stereocenters. The lowest BCUT2D eigenvalue weighted by atomic mass is 10.1. The van der Waals surface area contributed by atoms with Gasteiger partial charge < -0.3 is 20.1 Å². The van der Waals surface area contributed by atoms with Gasteiger partial charge in [0.25, 0.3) is 0 Å². The molecule has 6 nitrogen and oxygen atoms in total. The van der Waals surface area contributed by atoms with Gasteiger partial charge in [0.15, 0.2) is 11.5 Å². The third-order valence-corrected chi connectivity index (χ3v) is 3.65. The molecule has 0 atom stereocenters. The molecule has 0 saturated carbocycles. The van der Waals surface area contributed by atoms with Crippen LogP contribution in [0.2, 0.25) is 0 Å². The average Bonchev–Trinajstić information content (AvgIpc) is 2.62. The number of nitrogens with one attached hydrogen (secondary N) is 2. The highest BCUT2D eigenvalue weighted by atomic mass is 16.5. The maximum atomic E-state index is 12.1. The highest BCUT2D eigenvalue weighted by molar-refractivity contribution is 6.02. The van der Waals surface area contributed by atoms with Gasteiger partial charge in [-0.1, -0.05) is 12.1 Å². The molecule has 0 aromatic heterocycles. The van der Waals surface area contributed by atoms with E-state index in [-0.39, 0.29) is 11.8 Å². The fourth-order valence-corrected chi connectivity index (χ4v) is 2.34. The smallest absolute Gasteiger partial charge is 0.248 e. The third-order valence-electron chi connectivity index (χ3n) is 3.65. The maximum Gasteiger partial charge on any atom is 0.248 e. The zero-order chi connectivity index (χ0) is 19.1. The van der Waals surface area contributed by atoms with Gasteiger partial charge in [0.1, 0.15) is 0 Å². The van der Waals surface area contributed by atoms with Gasteiger partial charge >= 0.3 is 0 Å². The zero-order valence-corrected chi connectivity index (χ0v) is 15.3. The number of hydrogen-bond donors (Lipinski definition) is 2. The Morgan fingerprint density at radius 1 is 0.962 bits per heavy atom. The highest BCUT2D eigenvalue weighted by Crippen LogP contribution is 2.28. The summed E-state index contributed by atoms with van der Waals surface area (Å²) >= 11 is 0. The molecule has 0 aliphatic rings. The predicted molar refractivity (Wildman–Crippen MR) is 103 cm³/mol. The van der Waals surface area contributed by atoms with Gasteiger partial charge in [0.2, 0.25) is 11.8 Å². The van der Waals surface area contributed by atoms with E-state index in [1.165, 1.54) is 13.0 Å². The number of carbonyl (C=O) groups is 2. The average molecular weight is 354 g/mol. The summed E-state index contributed by atoms with van der Waals surface area (Å²) in [5.74, 6) is 0.773. The molecule has 2 N–H and O–H groups in total. The van der Waals surface area contributed by atoms with Crippen LogP contribution >= 0.6 is 0 Å². The van der Waals surface area contributed by atoms with Gasteiger partial charge in [-0.05, 0) is 48.4 Å². The number of ether oxygens (including phenoxy) is 2. The minimum Gasteiger partial charge on any atom is -0.493 e. The van der Waals surface area contributed by atoms with Crippen LogP contribution in [0.1, 0.15) is 18.1 Å². The molecule has 0 aliphatic carbocycles. The summed E-state index contributed by atoms with van der Waals surface area (Å²) in [6, 6.07) is 10.7. The van der Waals surface area contributed by atoms with Crippen molar-refractivity contribution in [2.75, 3.05) is 24.9 Å². The normalized spacial score (nSPS) is 10.5. The molecule has 0 bridgehead atoms. The lowest BCUT2D eigenvalue weighted by Gasteiger charge is -2.09. The largest absolute Gasteiger partial charge is 0.493 e. The van der Waals surface area contributed by atoms with Gasteiger partial charge in [-0.3, -0.25) is 9.59 Å². The van der Waals surface area contributed by atoms with Crippen molar-refractivity contribution in [1.82, 2.24) is 0 Å². The van der Waals surface area contributed by atoms with Crippen LogP contribution in [0.4, 0.5) is 11.4 Å². The van der Waals surface area contributed by atoms with Crippen molar-refractivity contribution >= 4 is 29.3 Å². The molecule has 0 spiro atoms. The van der Waals surface area contributed by atoms with Crippen LogP contribution in [0.3, 0.4) is 0 Å². The second-order valence-corrected chi connectivity index (χ2v) is 5.65. The number of hydrogen-bond acceptors (Lipinski definition) is 4. The lowest BCUT2D eigenvalue weighted by Crippen LogP contribution is -2.10. The molecular formula is C20H22N2O4. The highest BCUT2D eigenvalue weighted by Gasteiger charge is 2.05. The SMILES string of the molecule is COc1ccc(/C=C/C(=O)Nc2ccc(C)c(NC(C)=O)c2)cc1OC. The summed E-state index contributed by atoms with van der Waals surface area (Å²) in [4.78, 5) is 23.4. The van der Waals surface area contributed by atoms with Crippen LogP contribution < -0.4 is 20.1 Å². The second kappa shape index (κ2) is 8.71. The van der Waals surface area contributed by atoms with Gasteiger partial charge in [-0.25, -0.2) is 0 Å². The van der Waals surface area contributed by atoms with E-state index in [0.29, 0.717) is 22.9 Å². The Hall–Kier alpha value is -3.28. The molecule has 0 radical (unpaired) electrons. The van der Waals surface area contributed by atoms with Crippen LogP contribution in [0.5, 0.6) is 11.5 Å². The first-order chi connectivity index (χ1) is 12.4. The minimum atomic E-state index is -0.280. The molecule has 136 valence electrons. The van der Waals surface area contributed by atoms with Crippen molar-refractivity contribution in [3.63, 3.8) is 0 Å². The molecule has 0 fully saturated rings. The fourth-order valence-electron chi connectivity index (χ4n) is 2.34. The quantitative estimate of drug-likeness (QED) is 0.777. The fraction of sp³-hybridized carbons (Fsp3) is 0.200. The Morgan fingerprint density at radius 3 is 2.35 bits per heavy atom. The zero-order valence-electron chi connectivity index (χ0n) is 15.3. The van der Waals surface area contributed by atoms with E-state index in [1.807, 2.05) is 19.1 Å². The standard InChI is InChI=1S/C20H22N2O4/c1-13-5-8-16(12-17(13)21-14(2)23)22-20(24)10-7-15-6-9-18(25-3)19(11-15)26-4/h5-12H,1-4H3,(H,21,23)(H,22,24)/b10-7+. The summed E-state index contributed by atoms with van der Waals surface area (Å²) in [6.07, 6.45) is 3.11. The first-order valence-corrected chi connectivity index (χ1v) is 8.02. The van der Waals surface area contributed by atoms with Crippen LogP contribution in [0.25, 0.3) is 6.08 Å². The Labute approximate surface area is 152 Å². The number of benzene rings is 2. The first kappa shape index (κ1) is 19.1. The van der Waals surface area contributed by atoms with Crippen LogP contribution in [-0.4, -0.2) is 26.0 Å². The third kappa shape index (κ3) is 5.11. The Morgan fingerprint density at radius 2 is 1.69 bits per heavy atom. The van der Waals surface area contributed by atoms with Crippen molar-refractivity contribution in [1.29, 1.82) is 0 Å². The van der Waals surface area contributed by atoms with E-state index in [2.05, 4.69) is 10.6 Å². The number of anilines is 2. The van der Waals surface area contributed by atoms with Crippen LogP contribution in [0.15, 0.2) is 42.5 Å². The van der Waals surface area contributed by atoms with Crippen LogP contribution in [0, 0.1) is 6.92 Å². The number of rotatable bonds is 6. The topological polar surface area (TPSA) is 76.7 Å². The Balaban J connectivity index is 2.09. The molecule has 26 heavy (non-hydrogen) atoms. The molecule has 0 heterocycles. The molecule has 2 rings (SSSR count). The van der Waals surface area contributed by atoms with Gasteiger partial charge in [-0.2, -0.15) is 0 Å². The predicted octanol–water partition coefficient (Wildman–Crippen LogP) is 3.62. The molecular weight excluding hydrogens is 332 g/mol. The number of amides is 2. The van der Waals surface area contributed by atoms with Crippen molar-refractivity contribution in [2.45, 2.75) is 13.8 Å². The van der Waals surface area contributed by atoms with E-state index in [9.17, 15) is 9.59 Å². The second-order valence-electron chi connectivity index (χ2n) is 5.65. The molecule has 0 aliphatic heterocycles. The Bertz CT molecular complexity index is 844.